The summed E-state index contributed by atoms with van der Waals surface area (Å²) < 4.78 is 11.0. The molecule has 0 saturated carbocycles. The molecule has 0 atom stereocenters. The summed E-state index contributed by atoms with van der Waals surface area (Å²) in [4.78, 5) is 25.8. The molecule has 0 aliphatic carbocycles. The Morgan fingerprint density at radius 1 is 1.15 bits per heavy atom. The lowest BCUT2D eigenvalue weighted by atomic mass is 10.2. The van der Waals surface area contributed by atoms with Gasteiger partial charge in [0.25, 0.3) is 5.91 Å². The van der Waals surface area contributed by atoms with Gasteiger partial charge in [-0.25, -0.2) is 0 Å². The fraction of sp³-hybridized carbons (Fsp3) is 0.400. The number of carbonyl (C=O) groups is 2. The maximum atomic E-state index is 12.2. The third-order valence-corrected chi connectivity index (χ3v) is 3.90. The summed E-state index contributed by atoms with van der Waals surface area (Å²) >= 11 is 0. The summed E-state index contributed by atoms with van der Waals surface area (Å²) in [6.07, 6.45) is 2.07. The van der Waals surface area contributed by atoms with Crippen LogP contribution in [0.15, 0.2) is 40.8 Å². The van der Waals surface area contributed by atoms with Crippen LogP contribution in [0.1, 0.15) is 41.6 Å². The predicted octanol–water partition coefficient (Wildman–Crippen LogP) is 3.16. The molecular formula is C20H26N2O4. The first-order valence-corrected chi connectivity index (χ1v) is 8.80. The number of furan rings is 1. The highest BCUT2D eigenvalue weighted by molar-refractivity contribution is 5.96. The van der Waals surface area contributed by atoms with Crippen molar-refractivity contribution in [2.75, 3.05) is 20.2 Å². The second kappa shape index (κ2) is 9.65. The Balaban J connectivity index is 1.78. The molecular weight excluding hydrogens is 332 g/mol. The minimum atomic E-state index is -0.291. The van der Waals surface area contributed by atoms with E-state index in [9.17, 15) is 9.59 Å². The minimum Gasteiger partial charge on any atom is -0.494 e. The van der Waals surface area contributed by atoms with Gasteiger partial charge in [-0.15, -0.1) is 0 Å². The molecule has 0 unspecified atom stereocenters. The van der Waals surface area contributed by atoms with Gasteiger partial charge in [-0.2, -0.15) is 0 Å². The molecule has 1 aromatic heterocycles. The molecule has 0 aliphatic rings. The number of benzene rings is 1. The highest BCUT2D eigenvalue weighted by Gasteiger charge is 2.13. The third-order valence-electron chi connectivity index (χ3n) is 3.90. The lowest BCUT2D eigenvalue weighted by molar-refractivity contribution is -0.129. The number of rotatable bonds is 9. The van der Waals surface area contributed by atoms with Crippen LogP contribution in [0.4, 0.5) is 0 Å². The van der Waals surface area contributed by atoms with E-state index in [2.05, 4.69) is 12.2 Å². The molecule has 140 valence electrons. The number of aryl methyl sites for hydroxylation is 1. The summed E-state index contributed by atoms with van der Waals surface area (Å²) in [6.45, 7) is 4.92. The molecule has 1 heterocycles. The number of unbranched alkanes of at least 4 members (excludes halogenated alkanes) is 1. The molecule has 2 rings (SSSR count). The number of ether oxygens (including phenoxy) is 1. The molecule has 1 N–H and O–H groups in total. The Hall–Kier alpha value is -2.76. The zero-order valence-corrected chi connectivity index (χ0v) is 15.6. The molecule has 6 heteroatoms. The van der Waals surface area contributed by atoms with Crippen LogP contribution < -0.4 is 10.1 Å². The van der Waals surface area contributed by atoms with Crippen LogP contribution in [0, 0.1) is 6.92 Å². The smallest absolute Gasteiger partial charge is 0.251 e. The van der Waals surface area contributed by atoms with Crippen molar-refractivity contribution in [1.29, 1.82) is 0 Å². The van der Waals surface area contributed by atoms with E-state index in [1.165, 1.54) is 4.90 Å². The van der Waals surface area contributed by atoms with Gasteiger partial charge >= 0.3 is 0 Å². The van der Waals surface area contributed by atoms with Gasteiger partial charge in [-0.05, 0) is 49.7 Å². The molecule has 0 saturated heterocycles. The summed E-state index contributed by atoms with van der Waals surface area (Å²) in [5.74, 6) is 1.77. The molecule has 2 aromatic rings. The Labute approximate surface area is 154 Å². The predicted molar refractivity (Wildman–Crippen MR) is 99.1 cm³/mol. The van der Waals surface area contributed by atoms with Crippen molar-refractivity contribution in [3.63, 3.8) is 0 Å². The summed E-state index contributed by atoms with van der Waals surface area (Å²) in [5.41, 5.74) is 0.491. The van der Waals surface area contributed by atoms with E-state index in [-0.39, 0.29) is 18.4 Å². The summed E-state index contributed by atoms with van der Waals surface area (Å²) in [7, 11) is 1.68. The molecule has 26 heavy (non-hydrogen) atoms. The van der Waals surface area contributed by atoms with E-state index >= 15 is 0 Å². The van der Waals surface area contributed by atoms with E-state index in [4.69, 9.17) is 9.15 Å². The van der Waals surface area contributed by atoms with Crippen molar-refractivity contribution in [2.45, 2.75) is 33.2 Å². The fourth-order valence-electron chi connectivity index (χ4n) is 2.32. The van der Waals surface area contributed by atoms with Gasteiger partial charge in [-0.3, -0.25) is 9.59 Å². The van der Waals surface area contributed by atoms with Crippen molar-refractivity contribution >= 4 is 11.8 Å². The van der Waals surface area contributed by atoms with Gasteiger partial charge in [0, 0.05) is 12.6 Å². The highest BCUT2D eigenvalue weighted by atomic mass is 16.5. The second-order valence-electron chi connectivity index (χ2n) is 6.17. The van der Waals surface area contributed by atoms with Gasteiger partial charge in [0.2, 0.25) is 5.91 Å². The molecule has 0 bridgehead atoms. The van der Waals surface area contributed by atoms with Crippen molar-refractivity contribution in [1.82, 2.24) is 10.2 Å². The van der Waals surface area contributed by atoms with Crippen LogP contribution >= 0.6 is 0 Å². The average Bonchev–Trinajstić information content (AvgIpc) is 3.04. The van der Waals surface area contributed by atoms with Gasteiger partial charge in [-0.1, -0.05) is 13.3 Å². The van der Waals surface area contributed by atoms with Crippen LogP contribution in [0.3, 0.4) is 0 Å². The first kappa shape index (κ1) is 19.6. The Kier molecular flexibility index (Phi) is 7.26. The van der Waals surface area contributed by atoms with Crippen molar-refractivity contribution < 1.29 is 18.7 Å². The molecule has 1 aromatic carbocycles. The second-order valence-corrected chi connectivity index (χ2v) is 6.17. The number of carbonyl (C=O) groups excluding carboxylic acids is 2. The van der Waals surface area contributed by atoms with E-state index in [1.54, 1.807) is 31.3 Å². The molecule has 0 spiro atoms. The Morgan fingerprint density at radius 3 is 2.50 bits per heavy atom. The van der Waals surface area contributed by atoms with Crippen molar-refractivity contribution in [2.24, 2.45) is 0 Å². The van der Waals surface area contributed by atoms with Crippen molar-refractivity contribution in [3.8, 4) is 5.75 Å². The maximum Gasteiger partial charge on any atom is 0.251 e. The van der Waals surface area contributed by atoms with Gasteiger partial charge in [0.05, 0.1) is 19.7 Å². The fourth-order valence-corrected chi connectivity index (χ4v) is 2.32. The number of likely N-dealkylation sites (N-methyl/N-ethyl adjacent to an activating group) is 1. The van der Waals surface area contributed by atoms with Crippen LogP contribution in [-0.4, -0.2) is 36.9 Å². The largest absolute Gasteiger partial charge is 0.494 e. The topological polar surface area (TPSA) is 71.8 Å². The van der Waals surface area contributed by atoms with Crippen LogP contribution in [-0.2, 0) is 11.3 Å². The van der Waals surface area contributed by atoms with E-state index in [0.29, 0.717) is 24.5 Å². The first-order valence-electron chi connectivity index (χ1n) is 8.80. The molecule has 0 fully saturated rings. The minimum absolute atomic E-state index is 0.0657. The van der Waals surface area contributed by atoms with Crippen LogP contribution in [0.2, 0.25) is 0 Å². The zero-order valence-electron chi connectivity index (χ0n) is 15.6. The van der Waals surface area contributed by atoms with Gasteiger partial charge in [0.15, 0.2) is 0 Å². The average molecular weight is 358 g/mol. The monoisotopic (exact) mass is 358 g/mol. The third kappa shape index (κ3) is 5.95. The van der Waals surface area contributed by atoms with Crippen LogP contribution in [0.5, 0.6) is 5.75 Å². The van der Waals surface area contributed by atoms with E-state index in [0.717, 1.165) is 24.4 Å². The highest BCUT2D eigenvalue weighted by Crippen LogP contribution is 2.13. The van der Waals surface area contributed by atoms with Gasteiger partial charge in [0.1, 0.15) is 17.3 Å². The van der Waals surface area contributed by atoms with E-state index < -0.39 is 0 Å². The normalized spacial score (nSPS) is 10.4. The van der Waals surface area contributed by atoms with Gasteiger partial charge < -0.3 is 19.4 Å². The maximum absolute atomic E-state index is 12.2. The summed E-state index contributed by atoms with van der Waals surface area (Å²) in [5, 5.41) is 2.64. The molecule has 2 amide bonds. The molecule has 0 aliphatic heterocycles. The SMILES string of the molecule is CCCCOc1ccc(C(=O)NCC(=O)N(C)Cc2ccc(C)o2)cc1. The number of hydrogen-bond acceptors (Lipinski definition) is 4. The number of nitrogens with one attached hydrogen (secondary N) is 1. The first-order chi connectivity index (χ1) is 12.5. The molecule has 0 radical (unpaired) electrons. The number of nitrogens with zero attached hydrogens (tertiary/aromatic N) is 1. The summed E-state index contributed by atoms with van der Waals surface area (Å²) in [6, 6.07) is 10.6. The van der Waals surface area contributed by atoms with Crippen molar-refractivity contribution in [3.05, 3.63) is 53.5 Å². The van der Waals surface area contributed by atoms with Crippen LogP contribution in [0.25, 0.3) is 0 Å². The molecule has 6 nitrogen and oxygen atoms in total. The number of amides is 2. The number of hydrogen-bond donors (Lipinski definition) is 1. The van der Waals surface area contributed by atoms with E-state index in [1.807, 2.05) is 19.1 Å². The lowest BCUT2D eigenvalue weighted by Crippen LogP contribution is -2.37. The lowest BCUT2D eigenvalue weighted by Gasteiger charge is -2.16. The zero-order chi connectivity index (χ0) is 18.9. The quantitative estimate of drug-likeness (QED) is 0.699. The Bertz CT molecular complexity index is 722. The standard InChI is InChI=1S/C20H26N2O4/c1-4-5-12-25-17-10-7-16(8-11-17)20(24)21-13-19(23)22(3)14-18-9-6-15(2)26-18/h6-11H,4-5,12-14H2,1-3H3,(H,21,24). The Morgan fingerprint density at radius 2 is 1.88 bits per heavy atom.